The van der Waals surface area contributed by atoms with Crippen LogP contribution in [-0.4, -0.2) is 37.9 Å². The van der Waals surface area contributed by atoms with Gasteiger partial charge < -0.3 is 19.8 Å². The number of fused-ring (bicyclic) bond motifs is 1. The summed E-state index contributed by atoms with van der Waals surface area (Å²) in [6, 6.07) is 7.45. The van der Waals surface area contributed by atoms with Gasteiger partial charge in [0, 0.05) is 36.9 Å². The highest BCUT2D eigenvalue weighted by molar-refractivity contribution is 6.06. The molecule has 1 aromatic carbocycles. The van der Waals surface area contributed by atoms with Crippen molar-refractivity contribution < 1.29 is 14.3 Å². The molecule has 0 saturated carbocycles. The molecule has 2 rings (SSSR count). The van der Waals surface area contributed by atoms with E-state index in [1.807, 2.05) is 24.4 Å². The van der Waals surface area contributed by atoms with E-state index in [4.69, 9.17) is 9.47 Å². The second-order valence-electron chi connectivity index (χ2n) is 3.86. The Morgan fingerprint density at radius 3 is 2.83 bits per heavy atom. The number of H-pyrrole nitrogens is 1. The fourth-order valence-electron chi connectivity index (χ4n) is 1.82. The predicted octanol–water partition coefficient (Wildman–Crippen LogP) is 1.52. The standard InChI is InChI=1S/C13H16N2O3/c1-17-12(18-2)8-15-13(16)10-4-3-5-11-9(10)6-7-14-11/h3-7,12,14H,8H2,1-2H3,(H,15,16). The molecule has 0 atom stereocenters. The van der Waals surface area contributed by atoms with Gasteiger partial charge in [0.25, 0.3) is 5.91 Å². The Balaban J connectivity index is 2.11. The molecule has 0 aliphatic heterocycles. The molecule has 1 aromatic heterocycles. The van der Waals surface area contributed by atoms with Crippen molar-refractivity contribution in [3.05, 3.63) is 36.0 Å². The van der Waals surface area contributed by atoms with Crippen molar-refractivity contribution in [2.24, 2.45) is 0 Å². The summed E-state index contributed by atoms with van der Waals surface area (Å²) in [5.74, 6) is -0.140. The molecule has 1 heterocycles. The zero-order valence-electron chi connectivity index (χ0n) is 10.4. The molecule has 0 unspecified atom stereocenters. The average Bonchev–Trinajstić information content (AvgIpc) is 2.87. The number of amides is 1. The number of aromatic nitrogens is 1. The number of aromatic amines is 1. The molecule has 0 bridgehead atoms. The zero-order chi connectivity index (χ0) is 13.0. The van der Waals surface area contributed by atoms with Crippen LogP contribution in [-0.2, 0) is 9.47 Å². The smallest absolute Gasteiger partial charge is 0.252 e. The molecule has 2 aromatic rings. The Bertz CT molecular complexity index is 532. The van der Waals surface area contributed by atoms with E-state index >= 15 is 0 Å². The first kappa shape index (κ1) is 12.6. The number of carbonyl (C=O) groups is 1. The van der Waals surface area contributed by atoms with Gasteiger partial charge in [-0.3, -0.25) is 4.79 Å². The molecular weight excluding hydrogens is 232 g/mol. The summed E-state index contributed by atoms with van der Waals surface area (Å²) < 4.78 is 10.0. The second-order valence-corrected chi connectivity index (χ2v) is 3.86. The highest BCUT2D eigenvalue weighted by atomic mass is 16.7. The fraction of sp³-hybridized carbons (Fsp3) is 0.308. The van der Waals surface area contributed by atoms with Crippen LogP contribution in [0.25, 0.3) is 10.9 Å². The monoisotopic (exact) mass is 248 g/mol. The SMILES string of the molecule is COC(CNC(=O)c1cccc2[nH]ccc12)OC. The summed E-state index contributed by atoms with van der Waals surface area (Å²) >= 11 is 0. The number of rotatable bonds is 5. The maximum Gasteiger partial charge on any atom is 0.252 e. The Hall–Kier alpha value is -1.85. The molecule has 5 heteroatoms. The maximum atomic E-state index is 12.1. The van der Waals surface area contributed by atoms with Crippen molar-refractivity contribution in [2.45, 2.75) is 6.29 Å². The highest BCUT2D eigenvalue weighted by Gasteiger charge is 2.12. The molecule has 0 radical (unpaired) electrons. The first-order valence-electron chi connectivity index (χ1n) is 5.66. The lowest BCUT2D eigenvalue weighted by Gasteiger charge is -2.14. The molecular formula is C13H16N2O3. The van der Waals surface area contributed by atoms with Crippen molar-refractivity contribution in [2.75, 3.05) is 20.8 Å². The maximum absolute atomic E-state index is 12.1. The number of carbonyl (C=O) groups excluding carboxylic acids is 1. The first-order valence-corrected chi connectivity index (χ1v) is 5.66. The third kappa shape index (κ3) is 2.52. The van der Waals surface area contributed by atoms with Crippen LogP contribution in [0.1, 0.15) is 10.4 Å². The molecule has 1 amide bonds. The largest absolute Gasteiger partial charge is 0.361 e. The number of ether oxygens (including phenoxy) is 2. The molecule has 0 aliphatic rings. The second kappa shape index (κ2) is 5.66. The minimum absolute atomic E-state index is 0.140. The Morgan fingerprint density at radius 1 is 1.33 bits per heavy atom. The number of hydrogen-bond donors (Lipinski definition) is 2. The van der Waals surface area contributed by atoms with Gasteiger partial charge in [-0.2, -0.15) is 0 Å². The third-order valence-corrected chi connectivity index (χ3v) is 2.79. The van der Waals surface area contributed by atoms with Gasteiger partial charge in [-0.25, -0.2) is 0 Å². The van der Waals surface area contributed by atoms with Crippen molar-refractivity contribution in [1.82, 2.24) is 10.3 Å². The van der Waals surface area contributed by atoms with Crippen LogP contribution in [0.5, 0.6) is 0 Å². The Labute approximate surface area is 105 Å². The first-order chi connectivity index (χ1) is 8.76. The van der Waals surface area contributed by atoms with Gasteiger partial charge in [0.05, 0.1) is 6.54 Å². The highest BCUT2D eigenvalue weighted by Crippen LogP contribution is 2.17. The lowest BCUT2D eigenvalue weighted by atomic mass is 10.1. The molecule has 96 valence electrons. The lowest BCUT2D eigenvalue weighted by Crippen LogP contribution is -2.34. The van der Waals surface area contributed by atoms with Gasteiger partial charge in [-0.1, -0.05) is 6.07 Å². The fourth-order valence-corrected chi connectivity index (χ4v) is 1.82. The summed E-state index contributed by atoms with van der Waals surface area (Å²) in [5, 5.41) is 3.68. The summed E-state index contributed by atoms with van der Waals surface area (Å²) in [4.78, 5) is 15.1. The van der Waals surface area contributed by atoms with Gasteiger partial charge in [-0.05, 0) is 18.2 Å². The summed E-state index contributed by atoms with van der Waals surface area (Å²) in [6.45, 7) is 0.312. The van der Waals surface area contributed by atoms with E-state index in [-0.39, 0.29) is 5.91 Å². The van der Waals surface area contributed by atoms with Crippen LogP contribution in [0.4, 0.5) is 0 Å². The van der Waals surface area contributed by atoms with Gasteiger partial charge in [0.15, 0.2) is 6.29 Å². The minimum Gasteiger partial charge on any atom is -0.361 e. The van der Waals surface area contributed by atoms with Gasteiger partial charge in [-0.15, -0.1) is 0 Å². The van der Waals surface area contributed by atoms with Crippen LogP contribution in [0.3, 0.4) is 0 Å². The normalized spacial score (nSPS) is 11.1. The average molecular weight is 248 g/mol. The van der Waals surface area contributed by atoms with Crippen molar-refractivity contribution >= 4 is 16.8 Å². The number of benzene rings is 1. The zero-order valence-corrected chi connectivity index (χ0v) is 10.4. The van der Waals surface area contributed by atoms with Crippen molar-refractivity contribution in [3.8, 4) is 0 Å². The number of nitrogens with one attached hydrogen (secondary N) is 2. The number of hydrogen-bond acceptors (Lipinski definition) is 3. The molecule has 5 nitrogen and oxygen atoms in total. The van der Waals surface area contributed by atoms with E-state index in [2.05, 4.69) is 10.3 Å². The van der Waals surface area contributed by atoms with Crippen LogP contribution in [0, 0.1) is 0 Å². The van der Waals surface area contributed by atoms with Crippen LogP contribution in [0.2, 0.25) is 0 Å². The Kier molecular flexibility index (Phi) is 3.96. The van der Waals surface area contributed by atoms with E-state index in [0.717, 1.165) is 10.9 Å². The molecule has 0 aliphatic carbocycles. The summed E-state index contributed by atoms with van der Waals surface area (Å²) in [7, 11) is 3.07. The Morgan fingerprint density at radius 2 is 2.11 bits per heavy atom. The topological polar surface area (TPSA) is 63.3 Å². The van der Waals surface area contributed by atoms with Crippen LogP contribution >= 0.6 is 0 Å². The molecule has 2 N–H and O–H groups in total. The van der Waals surface area contributed by atoms with E-state index in [9.17, 15) is 4.79 Å². The van der Waals surface area contributed by atoms with Gasteiger partial charge in [0.2, 0.25) is 0 Å². The number of methoxy groups -OCH3 is 2. The van der Waals surface area contributed by atoms with E-state index in [1.54, 1.807) is 6.07 Å². The molecule has 0 fully saturated rings. The molecule has 18 heavy (non-hydrogen) atoms. The van der Waals surface area contributed by atoms with E-state index < -0.39 is 6.29 Å². The van der Waals surface area contributed by atoms with E-state index in [1.165, 1.54) is 14.2 Å². The van der Waals surface area contributed by atoms with Crippen molar-refractivity contribution in [3.63, 3.8) is 0 Å². The molecule has 0 spiro atoms. The minimum atomic E-state index is -0.431. The van der Waals surface area contributed by atoms with Gasteiger partial charge >= 0.3 is 0 Å². The third-order valence-electron chi connectivity index (χ3n) is 2.79. The van der Waals surface area contributed by atoms with Crippen molar-refractivity contribution in [1.29, 1.82) is 0 Å². The van der Waals surface area contributed by atoms with Gasteiger partial charge in [0.1, 0.15) is 0 Å². The van der Waals surface area contributed by atoms with E-state index in [0.29, 0.717) is 12.1 Å². The predicted molar refractivity (Wildman–Crippen MR) is 68.4 cm³/mol. The quantitative estimate of drug-likeness (QED) is 0.788. The molecule has 0 saturated heterocycles. The van der Waals surface area contributed by atoms with Crippen LogP contribution in [0.15, 0.2) is 30.5 Å². The summed E-state index contributed by atoms with van der Waals surface area (Å²) in [5.41, 5.74) is 1.58. The van der Waals surface area contributed by atoms with Crippen LogP contribution < -0.4 is 5.32 Å². The lowest BCUT2D eigenvalue weighted by molar-refractivity contribution is -0.0974. The summed E-state index contributed by atoms with van der Waals surface area (Å²) in [6.07, 6.45) is 1.38.